The second-order valence-corrected chi connectivity index (χ2v) is 5.78. The lowest BCUT2D eigenvalue weighted by atomic mass is 10.1. The third kappa shape index (κ3) is 5.57. The standard InChI is InChI=1S/C20H20FNO3/c1-13-4-7-16(8-5-13)9-11-19(23)25-15(3)20(24)22-17-10-6-14(2)18(21)12-17/h4-12,15H,1-3H3,(H,22,24)/b11-9+/t15-/m0/s1. The lowest BCUT2D eigenvalue weighted by Gasteiger charge is -2.12. The van der Waals surface area contributed by atoms with E-state index in [0.717, 1.165) is 11.1 Å². The van der Waals surface area contributed by atoms with E-state index in [9.17, 15) is 14.0 Å². The first-order chi connectivity index (χ1) is 11.8. The molecule has 2 aromatic rings. The second-order valence-electron chi connectivity index (χ2n) is 5.78. The van der Waals surface area contributed by atoms with E-state index in [1.54, 1.807) is 25.1 Å². The summed E-state index contributed by atoms with van der Waals surface area (Å²) in [5.74, 6) is -1.57. The molecule has 0 saturated carbocycles. The first-order valence-electron chi connectivity index (χ1n) is 7.87. The minimum Gasteiger partial charge on any atom is -0.449 e. The fourth-order valence-corrected chi connectivity index (χ4v) is 2.02. The Bertz CT molecular complexity index is 797. The van der Waals surface area contributed by atoms with Crippen molar-refractivity contribution in [2.75, 3.05) is 5.32 Å². The zero-order valence-electron chi connectivity index (χ0n) is 14.4. The van der Waals surface area contributed by atoms with Crippen molar-refractivity contribution in [2.24, 2.45) is 0 Å². The fraction of sp³-hybridized carbons (Fsp3) is 0.200. The zero-order chi connectivity index (χ0) is 18.4. The van der Waals surface area contributed by atoms with Crippen molar-refractivity contribution in [3.05, 3.63) is 71.0 Å². The molecule has 0 spiro atoms. The molecule has 2 aromatic carbocycles. The first-order valence-corrected chi connectivity index (χ1v) is 7.87. The highest BCUT2D eigenvalue weighted by Crippen LogP contribution is 2.14. The average molecular weight is 341 g/mol. The SMILES string of the molecule is Cc1ccc(/C=C/C(=O)O[C@@H](C)C(=O)Nc2ccc(C)c(F)c2)cc1. The number of hydrogen-bond donors (Lipinski definition) is 1. The number of hydrogen-bond acceptors (Lipinski definition) is 3. The Morgan fingerprint density at radius 1 is 1.12 bits per heavy atom. The van der Waals surface area contributed by atoms with Crippen molar-refractivity contribution in [1.29, 1.82) is 0 Å². The topological polar surface area (TPSA) is 55.4 Å². The number of aryl methyl sites for hydroxylation is 2. The number of halogens is 1. The summed E-state index contributed by atoms with van der Waals surface area (Å²) in [6, 6.07) is 12.0. The van der Waals surface area contributed by atoms with Gasteiger partial charge >= 0.3 is 5.97 Å². The third-order valence-corrected chi connectivity index (χ3v) is 3.59. The van der Waals surface area contributed by atoms with E-state index in [-0.39, 0.29) is 0 Å². The number of esters is 1. The molecule has 25 heavy (non-hydrogen) atoms. The van der Waals surface area contributed by atoms with Gasteiger partial charge < -0.3 is 10.1 Å². The fourth-order valence-electron chi connectivity index (χ4n) is 2.02. The summed E-state index contributed by atoms with van der Waals surface area (Å²) in [5.41, 5.74) is 2.78. The van der Waals surface area contributed by atoms with E-state index in [2.05, 4.69) is 5.32 Å². The molecule has 0 aliphatic heterocycles. The Hall–Kier alpha value is -2.95. The van der Waals surface area contributed by atoms with Gasteiger partial charge in [0.15, 0.2) is 6.10 Å². The van der Waals surface area contributed by atoms with Crippen LogP contribution in [0.3, 0.4) is 0 Å². The van der Waals surface area contributed by atoms with Gasteiger partial charge in [-0.1, -0.05) is 35.9 Å². The van der Waals surface area contributed by atoms with Gasteiger partial charge in [-0.3, -0.25) is 4.79 Å². The van der Waals surface area contributed by atoms with Crippen LogP contribution < -0.4 is 5.32 Å². The van der Waals surface area contributed by atoms with Crippen LogP contribution in [0.25, 0.3) is 6.08 Å². The number of nitrogens with one attached hydrogen (secondary N) is 1. The first kappa shape index (κ1) is 18.4. The highest BCUT2D eigenvalue weighted by atomic mass is 19.1. The van der Waals surface area contributed by atoms with Crippen LogP contribution in [0.15, 0.2) is 48.5 Å². The van der Waals surface area contributed by atoms with Crippen molar-refractivity contribution >= 4 is 23.6 Å². The maximum Gasteiger partial charge on any atom is 0.331 e. The largest absolute Gasteiger partial charge is 0.449 e. The van der Waals surface area contributed by atoms with Crippen LogP contribution in [0, 0.1) is 19.7 Å². The van der Waals surface area contributed by atoms with E-state index < -0.39 is 23.8 Å². The van der Waals surface area contributed by atoms with E-state index in [1.807, 2.05) is 31.2 Å². The number of carbonyl (C=O) groups excluding carboxylic acids is 2. The predicted molar refractivity (Wildman–Crippen MR) is 95.5 cm³/mol. The molecule has 130 valence electrons. The summed E-state index contributed by atoms with van der Waals surface area (Å²) in [4.78, 5) is 23.8. The molecule has 0 fully saturated rings. The zero-order valence-corrected chi connectivity index (χ0v) is 14.4. The third-order valence-electron chi connectivity index (χ3n) is 3.59. The molecule has 1 atom stereocenters. The van der Waals surface area contributed by atoms with Gasteiger partial charge in [0.2, 0.25) is 0 Å². The molecule has 0 bridgehead atoms. The summed E-state index contributed by atoms with van der Waals surface area (Å²) in [6.07, 6.45) is 1.88. The van der Waals surface area contributed by atoms with Gasteiger partial charge in [0, 0.05) is 11.8 Å². The molecule has 2 rings (SSSR count). The summed E-state index contributed by atoms with van der Waals surface area (Å²) < 4.78 is 18.5. The quantitative estimate of drug-likeness (QED) is 0.660. The van der Waals surface area contributed by atoms with Gasteiger partial charge in [-0.05, 0) is 50.1 Å². The number of anilines is 1. The Balaban J connectivity index is 1.90. The molecule has 0 aliphatic carbocycles. The van der Waals surface area contributed by atoms with Crippen LogP contribution in [0.1, 0.15) is 23.6 Å². The molecule has 0 saturated heterocycles. The molecule has 5 heteroatoms. The lowest BCUT2D eigenvalue weighted by Crippen LogP contribution is -2.29. The van der Waals surface area contributed by atoms with Gasteiger partial charge in [0.25, 0.3) is 5.91 Å². The molecule has 4 nitrogen and oxygen atoms in total. The predicted octanol–water partition coefficient (Wildman–Crippen LogP) is 4.03. The molecular formula is C20H20FNO3. The maximum atomic E-state index is 13.5. The van der Waals surface area contributed by atoms with Crippen LogP contribution >= 0.6 is 0 Å². The highest BCUT2D eigenvalue weighted by molar-refractivity contribution is 5.96. The maximum absolute atomic E-state index is 13.5. The summed E-state index contributed by atoms with van der Waals surface area (Å²) in [5, 5.41) is 2.51. The summed E-state index contributed by atoms with van der Waals surface area (Å²) in [7, 11) is 0. The van der Waals surface area contributed by atoms with Crippen LogP contribution in [0.2, 0.25) is 0 Å². The Kier molecular flexibility index (Phi) is 6.06. The molecular weight excluding hydrogens is 321 g/mol. The summed E-state index contributed by atoms with van der Waals surface area (Å²) >= 11 is 0. The minimum absolute atomic E-state index is 0.311. The van der Waals surface area contributed by atoms with Crippen LogP contribution in [0.5, 0.6) is 0 Å². The van der Waals surface area contributed by atoms with Gasteiger partial charge in [-0.2, -0.15) is 0 Å². The molecule has 0 aliphatic rings. The van der Waals surface area contributed by atoms with E-state index in [0.29, 0.717) is 11.3 Å². The second kappa shape index (κ2) is 8.24. The monoisotopic (exact) mass is 341 g/mol. The Labute approximate surface area is 146 Å². The lowest BCUT2D eigenvalue weighted by molar-refractivity contribution is -0.148. The highest BCUT2D eigenvalue weighted by Gasteiger charge is 2.17. The van der Waals surface area contributed by atoms with Crippen molar-refractivity contribution in [3.8, 4) is 0 Å². The molecule has 0 unspecified atom stereocenters. The molecule has 0 radical (unpaired) electrons. The molecule has 0 heterocycles. The van der Waals surface area contributed by atoms with Crippen molar-refractivity contribution < 1.29 is 18.7 Å². The number of carbonyl (C=O) groups is 2. The van der Waals surface area contributed by atoms with Crippen LogP contribution in [-0.4, -0.2) is 18.0 Å². The van der Waals surface area contributed by atoms with E-state index >= 15 is 0 Å². The number of ether oxygens (including phenoxy) is 1. The van der Waals surface area contributed by atoms with Crippen LogP contribution in [-0.2, 0) is 14.3 Å². The smallest absolute Gasteiger partial charge is 0.331 e. The number of amides is 1. The summed E-state index contributed by atoms with van der Waals surface area (Å²) in [6.45, 7) is 5.06. The molecule has 0 aromatic heterocycles. The van der Waals surface area contributed by atoms with Crippen LogP contribution in [0.4, 0.5) is 10.1 Å². The van der Waals surface area contributed by atoms with Crippen molar-refractivity contribution in [2.45, 2.75) is 26.9 Å². The molecule has 1 N–H and O–H groups in total. The van der Waals surface area contributed by atoms with Crippen molar-refractivity contribution in [3.63, 3.8) is 0 Å². The van der Waals surface area contributed by atoms with Crippen molar-refractivity contribution in [1.82, 2.24) is 0 Å². The average Bonchev–Trinajstić information content (AvgIpc) is 2.57. The normalized spacial score (nSPS) is 12.0. The number of benzene rings is 2. The van der Waals surface area contributed by atoms with E-state index in [1.165, 1.54) is 19.1 Å². The van der Waals surface area contributed by atoms with Gasteiger partial charge in [0.05, 0.1) is 0 Å². The van der Waals surface area contributed by atoms with E-state index in [4.69, 9.17) is 4.74 Å². The van der Waals surface area contributed by atoms with Gasteiger partial charge in [-0.15, -0.1) is 0 Å². The Morgan fingerprint density at radius 2 is 1.80 bits per heavy atom. The van der Waals surface area contributed by atoms with Gasteiger partial charge in [-0.25, -0.2) is 9.18 Å². The Morgan fingerprint density at radius 3 is 2.44 bits per heavy atom. The van der Waals surface area contributed by atoms with Gasteiger partial charge in [0.1, 0.15) is 5.82 Å². The molecule has 1 amide bonds. The number of rotatable bonds is 5. The minimum atomic E-state index is -1.00.